The van der Waals surface area contributed by atoms with E-state index < -0.39 is 52.2 Å². The molecular formula is C31H37Cl2F2N3O4. The van der Waals surface area contributed by atoms with Crippen molar-refractivity contribution in [2.75, 3.05) is 19.8 Å². The van der Waals surface area contributed by atoms with E-state index in [1.807, 2.05) is 27.7 Å². The number of hydrogen-bond acceptors (Lipinski definition) is 6. The van der Waals surface area contributed by atoms with Crippen LogP contribution in [0.1, 0.15) is 64.0 Å². The number of aliphatic hydroxyl groups excluding tert-OH is 1. The molecule has 2 aromatic carbocycles. The molecule has 42 heavy (non-hydrogen) atoms. The average Bonchev–Trinajstić information content (AvgIpc) is 3.42. The highest BCUT2D eigenvalue weighted by molar-refractivity contribution is 6.31. The average molecular weight is 625 g/mol. The Hall–Kier alpha value is -2.32. The topological polar surface area (TPSA) is 104 Å². The molecule has 2 aliphatic heterocycles. The van der Waals surface area contributed by atoms with Crippen LogP contribution >= 0.6 is 23.2 Å². The number of nitrogens with one attached hydrogen (secondary N) is 2. The van der Waals surface area contributed by atoms with E-state index in [1.54, 1.807) is 0 Å². The van der Waals surface area contributed by atoms with Crippen LogP contribution in [0.5, 0.6) is 0 Å². The number of nitriles is 1. The van der Waals surface area contributed by atoms with Crippen molar-refractivity contribution < 1.29 is 28.2 Å². The van der Waals surface area contributed by atoms with Gasteiger partial charge in [-0.1, -0.05) is 55.2 Å². The minimum Gasteiger partial charge on any atom is -0.396 e. The molecule has 11 heteroatoms. The second-order valence-electron chi connectivity index (χ2n) is 12.3. The zero-order chi connectivity index (χ0) is 30.9. The number of halogens is 4. The van der Waals surface area contributed by atoms with E-state index in [4.69, 9.17) is 32.7 Å². The van der Waals surface area contributed by atoms with E-state index in [2.05, 4.69) is 16.7 Å². The summed E-state index contributed by atoms with van der Waals surface area (Å²) in [7, 11) is 0. The summed E-state index contributed by atoms with van der Waals surface area (Å²) >= 11 is 12.3. The van der Waals surface area contributed by atoms with Gasteiger partial charge in [0.15, 0.2) is 5.79 Å². The normalized spacial score (nSPS) is 27.1. The summed E-state index contributed by atoms with van der Waals surface area (Å²) in [6.45, 7) is 7.98. The maximum Gasteiger partial charge on any atom is 0.237 e. The lowest BCUT2D eigenvalue weighted by atomic mass is 9.62. The Kier molecular flexibility index (Phi) is 9.88. The van der Waals surface area contributed by atoms with Crippen LogP contribution in [0.3, 0.4) is 0 Å². The Labute approximate surface area is 255 Å². The molecule has 0 saturated carbocycles. The lowest BCUT2D eigenvalue weighted by molar-refractivity contribution is -0.138. The van der Waals surface area contributed by atoms with Gasteiger partial charge < -0.3 is 25.2 Å². The Balaban J connectivity index is 1.80. The Bertz CT molecular complexity index is 1350. The highest BCUT2D eigenvalue weighted by Crippen LogP contribution is 2.53. The highest BCUT2D eigenvalue weighted by Gasteiger charge is 2.61. The molecule has 0 bridgehead atoms. The minimum absolute atomic E-state index is 0.00916. The van der Waals surface area contributed by atoms with Gasteiger partial charge in [0.05, 0.1) is 29.8 Å². The maximum absolute atomic E-state index is 15.8. The van der Waals surface area contributed by atoms with Crippen molar-refractivity contribution in [2.45, 2.75) is 82.3 Å². The molecule has 0 aromatic heterocycles. The molecule has 2 heterocycles. The van der Waals surface area contributed by atoms with E-state index in [-0.39, 0.29) is 46.8 Å². The predicted molar refractivity (Wildman–Crippen MR) is 156 cm³/mol. The van der Waals surface area contributed by atoms with Gasteiger partial charge in [-0.2, -0.15) is 5.26 Å². The molecule has 3 N–H and O–H groups in total. The van der Waals surface area contributed by atoms with Gasteiger partial charge in [-0.25, -0.2) is 8.78 Å². The molecule has 0 spiro atoms. The van der Waals surface area contributed by atoms with Gasteiger partial charge >= 0.3 is 0 Å². The number of ether oxygens (including phenoxy) is 2. The van der Waals surface area contributed by atoms with Crippen molar-refractivity contribution >= 4 is 29.1 Å². The molecule has 0 aliphatic carbocycles. The third-order valence-corrected chi connectivity index (χ3v) is 8.82. The highest BCUT2D eigenvalue weighted by atomic mass is 35.5. The molecule has 0 radical (unpaired) electrons. The zero-order valence-corrected chi connectivity index (χ0v) is 25.7. The minimum atomic E-state index is -1.75. The number of carbonyl (C=O) groups is 1. The van der Waals surface area contributed by atoms with Crippen molar-refractivity contribution in [2.24, 2.45) is 5.41 Å². The number of benzene rings is 2. The standard InChI is InChI=1S/C31H37Cl2F2N3O4/c1-29(2,11-13-39)15-24-31(17-36,21-9-8-18(32)14-23(21)34)25(20-6-5-7-22(33)26(20)35)27(38-24)28(40)37-12-10-19-16-41-30(3,4)42-19/h5-9,14,19,24-25,27,38-39H,10-13,15-16H2,1-4H3,(H,37,40)/t19-,24?,25?,27?,31?/m0/s1. The Morgan fingerprint density at radius 1 is 1.26 bits per heavy atom. The lowest BCUT2D eigenvalue weighted by Crippen LogP contribution is -2.46. The van der Waals surface area contributed by atoms with Gasteiger partial charge in [-0.15, -0.1) is 0 Å². The lowest BCUT2D eigenvalue weighted by Gasteiger charge is -2.38. The first-order chi connectivity index (χ1) is 19.7. The molecule has 2 aromatic rings. The zero-order valence-electron chi connectivity index (χ0n) is 24.1. The van der Waals surface area contributed by atoms with E-state index in [0.717, 1.165) is 6.07 Å². The first kappa shape index (κ1) is 32.6. The van der Waals surface area contributed by atoms with Crippen LogP contribution in [0, 0.1) is 28.4 Å². The predicted octanol–water partition coefficient (Wildman–Crippen LogP) is 5.61. The van der Waals surface area contributed by atoms with Crippen molar-refractivity contribution in [3.8, 4) is 6.07 Å². The number of amides is 1. The number of carbonyl (C=O) groups excluding carboxylic acids is 1. The second kappa shape index (κ2) is 12.7. The van der Waals surface area contributed by atoms with Crippen molar-refractivity contribution in [3.05, 3.63) is 69.2 Å². The van der Waals surface area contributed by atoms with Crippen LogP contribution in [-0.2, 0) is 19.7 Å². The molecular weight excluding hydrogens is 587 g/mol. The Morgan fingerprint density at radius 3 is 2.62 bits per heavy atom. The summed E-state index contributed by atoms with van der Waals surface area (Å²) in [6.07, 6.45) is 0.920. The molecule has 7 nitrogen and oxygen atoms in total. The van der Waals surface area contributed by atoms with E-state index >= 15 is 8.78 Å². The molecule has 2 fully saturated rings. The van der Waals surface area contributed by atoms with Crippen LogP contribution in [-0.4, -0.2) is 54.7 Å². The fourth-order valence-corrected chi connectivity index (χ4v) is 6.61. The molecule has 228 valence electrons. The number of rotatable bonds is 10. The van der Waals surface area contributed by atoms with Gasteiger partial charge in [-0.3, -0.25) is 4.79 Å². The van der Waals surface area contributed by atoms with Gasteiger partial charge in [0.25, 0.3) is 0 Å². The van der Waals surface area contributed by atoms with Gasteiger partial charge in [0.2, 0.25) is 5.91 Å². The fraction of sp³-hybridized carbons (Fsp3) is 0.548. The molecule has 2 saturated heterocycles. The molecule has 4 rings (SSSR count). The van der Waals surface area contributed by atoms with Crippen LogP contribution in [0.4, 0.5) is 8.78 Å². The van der Waals surface area contributed by atoms with Gasteiger partial charge in [0, 0.05) is 35.7 Å². The molecule has 4 unspecified atom stereocenters. The SMILES string of the molecule is CC(C)(CCO)CC1NC(C(=O)NCC[C@H]2COC(C)(C)O2)C(c2cccc(Cl)c2F)C1(C#N)c1ccc(Cl)cc1F. The monoisotopic (exact) mass is 623 g/mol. The number of hydrogen-bond donors (Lipinski definition) is 3. The van der Waals surface area contributed by atoms with E-state index in [9.17, 15) is 15.2 Å². The van der Waals surface area contributed by atoms with Crippen LogP contribution < -0.4 is 10.6 Å². The number of nitrogens with zero attached hydrogens (tertiary/aromatic N) is 1. The van der Waals surface area contributed by atoms with Crippen LogP contribution in [0.25, 0.3) is 0 Å². The first-order valence-electron chi connectivity index (χ1n) is 14.0. The summed E-state index contributed by atoms with van der Waals surface area (Å²) in [5.74, 6) is -3.89. The fourth-order valence-electron chi connectivity index (χ4n) is 6.27. The van der Waals surface area contributed by atoms with Crippen molar-refractivity contribution in [3.63, 3.8) is 0 Å². The van der Waals surface area contributed by atoms with Crippen molar-refractivity contribution in [1.29, 1.82) is 5.26 Å². The van der Waals surface area contributed by atoms with Gasteiger partial charge in [-0.05, 0) is 62.3 Å². The molecule has 1 amide bonds. The number of aliphatic hydroxyl groups is 1. The van der Waals surface area contributed by atoms with E-state index in [1.165, 1.54) is 30.3 Å². The van der Waals surface area contributed by atoms with Crippen LogP contribution in [0.15, 0.2) is 36.4 Å². The maximum atomic E-state index is 15.8. The summed E-state index contributed by atoms with van der Waals surface area (Å²) in [5.41, 5.74) is -2.26. The third-order valence-electron chi connectivity index (χ3n) is 8.29. The Morgan fingerprint density at radius 2 is 2.00 bits per heavy atom. The quantitative estimate of drug-likeness (QED) is 0.318. The summed E-state index contributed by atoms with van der Waals surface area (Å²) in [5, 5.41) is 26.8. The van der Waals surface area contributed by atoms with Crippen LogP contribution in [0.2, 0.25) is 10.0 Å². The summed E-state index contributed by atoms with van der Waals surface area (Å²) < 4.78 is 43.0. The summed E-state index contributed by atoms with van der Waals surface area (Å²) in [6, 6.07) is 8.77. The smallest absolute Gasteiger partial charge is 0.237 e. The van der Waals surface area contributed by atoms with Gasteiger partial charge in [0.1, 0.15) is 17.0 Å². The first-order valence-corrected chi connectivity index (χ1v) is 14.8. The molecule has 2 aliphatic rings. The largest absolute Gasteiger partial charge is 0.396 e. The second-order valence-corrected chi connectivity index (χ2v) is 13.1. The summed E-state index contributed by atoms with van der Waals surface area (Å²) in [4.78, 5) is 13.9. The third kappa shape index (κ3) is 6.59. The van der Waals surface area contributed by atoms with E-state index in [0.29, 0.717) is 19.4 Å². The molecule has 5 atom stereocenters. The van der Waals surface area contributed by atoms with Crippen molar-refractivity contribution in [1.82, 2.24) is 10.6 Å².